The number of Topliss-reactive ketones (excluding diaryl/α,β-unsaturated/α-hetero) is 1. The lowest BCUT2D eigenvalue weighted by Crippen LogP contribution is -2.70. The third-order valence-electron chi connectivity index (χ3n) is 14.9. The van der Waals surface area contributed by atoms with E-state index in [1.54, 1.807) is 50.2 Å². The van der Waals surface area contributed by atoms with E-state index in [1.165, 1.54) is 36.4 Å². The number of esters is 1. The smallest absolute Gasteiger partial charge is 0.325 e. The van der Waals surface area contributed by atoms with Crippen LogP contribution >= 0.6 is 11.6 Å². The third kappa shape index (κ3) is 9.69. The molecule has 5 aliphatic carbocycles. The summed E-state index contributed by atoms with van der Waals surface area (Å²) in [5.41, 5.74) is -3.76. The number of hydrogen-bond acceptors (Lipinski definition) is 14. The standard InChI is InChI=1S/C25H32ClFO5.C14H10O3.C9H13NO3.C4H3FN2O2/c1-5-21(31)32-25(20(30)13-26)14(2)10-18-17-7-6-15-11-16(28)8-9-22(15,3)24(17,27)19(29)12-23(18,25)4;15-10-5-1-3-8-7-9-4-2-6-11(16)13(9)14(17)12(8)10;1-10-5-9(13)6-2-3-7(11)8(12)4-6;5-2-1-6-4(9)7-3(2)8/h8-9,11,14,17-19,29H,5-7,10,12-13H2,1-4H3;1-6,15-16H,7H2;2-4,9-13H,5H2,1H3;1H,(H2,6,7,8,9)/t14-,17-,18-,19-,22-,23-,24-,25-;;9-;/m0.0./s1. The Bertz CT molecular complexity index is 2850. The minimum absolute atomic E-state index is 0.0265. The Labute approximate surface area is 412 Å². The van der Waals surface area contributed by atoms with Crippen LogP contribution in [0.15, 0.2) is 94.2 Å². The van der Waals surface area contributed by atoms with Crippen molar-refractivity contribution in [3.8, 4) is 23.0 Å². The van der Waals surface area contributed by atoms with Gasteiger partial charge in [0.15, 0.2) is 34.3 Å². The molecule has 1 heterocycles. The molecule has 71 heavy (non-hydrogen) atoms. The fraction of sp³-hybridized carbons (Fsp3) is 0.423. The summed E-state index contributed by atoms with van der Waals surface area (Å²) in [6.45, 7) is 7.54. The normalized spacial score (nSPS) is 27.9. The quantitative estimate of drug-likeness (QED) is 0.0523. The maximum atomic E-state index is 17.2. The molecule has 9 N–H and O–H groups in total. The molecule has 0 amide bonds. The van der Waals surface area contributed by atoms with Crippen LogP contribution in [-0.4, -0.2) is 101 Å². The number of H-pyrrole nitrogens is 2. The highest BCUT2D eigenvalue weighted by molar-refractivity contribution is 6.29. The van der Waals surface area contributed by atoms with E-state index < -0.39 is 63.3 Å². The molecular formula is C52H58ClF2N3O13. The topological polar surface area (TPSA) is 277 Å². The van der Waals surface area contributed by atoms with Crippen LogP contribution in [-0.2, 0) is 25.5 Å². The van der Waals surface area contributed by atoms with Crippen molar-refractivity contribution in [3.05, 3.63) is 139 Å². The summed E-state index contributed by atoms with van der Waals surface area (Å²) < 4.78 is 35.1. The summed E-state index contributed by atoms with van der Waals surface area (Å²) in [6.07, 6.45) is 5.26. The van der Waals surface area contributed by atoms with Crippen molar-refractivity contribution in [1.82, 2.24) is 15.3 Å². The van der Waals surface area contributed by atoms with Crippen molar-refractivity contribution in [2.75, 3.05) is 19.5 Å². The van der Waals surface area contributed by atoms with Gasteiger partial charge < -0.3 is 45.7 Å². The Morgan fingerprint density at radius 1 is 0.944 bits per heavy atom. The zero-order valence-corrected chi connectivity index (χ0v) is 40.5. The molecule has 3 aromatic carbocycles. The predicted octanol–water partition coefficient (Wildman–Crippen LogP) is 5.89. The molecule has 16 nitrogen and oxygen atoms in total. The van der Waals surface area contributed by atoms with Crippen LogP contribution in [0.25, 0.3) is 0 Å². The lowest BCUT2D eigenvalue weighted by molar-refractivity contribution is -0.227. The molecule has 0 unspecified atom stereocenters. The highest BCUT2D eigenvalue weighted by Crippen LogP contribution is 2.71. The first-order chi connectivity index (χ1) is 33.4. The van der Waals surface area contributed by atoms with Crippen LogP contribution < -0.4 is 16.6 Å². The third-order valence-corrected chi connectivity index (χ3v) is 15.2. The summed E-state index contributed by atoms with van der Waals surface area (Å²) in [5.74, 6) is -4.31. The molecule has 4 aromatic rings. The molecule has 380 valence electrons. The monoisotopic (exact) mass is 1010 g/mol. The minimum atomic E-state index is -1.99. The van der Waals surface area contributed by atoms with E-state index in [0.717, 1.165) is 11.1 Å². The fourth-order valence-electron chi connectivity index (χ4n) is 11.5. The number of aromatic amines is 2. The van der Waals surface area contributed by atoms with Gasteiger partial charge in [0.05, 0.1) is 29.2 Å². The zero-order chi connectivity index (χ0) is 52.4. The Morgan fingerprint density at radius 3 is 2.13 bits per heavy atom. The van der Waals surface area contributed by atoms with E-state index in [9.17, 15) is 53.6 Å². The van der Waals surface area contributed by atoms with Crippen molar-refractivity contribution in [2.45, 2.75) is 89.7 Å². The molecule has 0 aliphatic heterocycles. The number of carbonyl (C=O) groups is 4. The number of fused-ring (bicyclic) bond motifs is 7. The van der Waals surface area contributed by atoms with Crippen LogP contribution in [0.4, 0.5) is 8.78 Å². The predicted molar refractivity (Wildman–Crippen MR) is 256 cm³/mol. The molecule has 5 aliphatic rings. The lowest BCUT2D eigenvalue weighted by Gasteiger charge is -2.62. The number of aromatic hydroxyl groups is 4. The van der Waals surface area contributed by atoms with Crippen molar-refractivity contribution in [2.24, 2.45) is 28.6 Å². The van der Waals surface area contributed by atoms with Gasteiger partial charge in [0.2, 0.25) is 11.6 Å². The van der Waals surface area contributed by atoms with E-state index in [2.05, 4.69) is 5.32 Å². The number of ether oxygens (including phenoxy) is 1. The summed E-state index contributed by atoms with van der Waals surface area (Å²) >= 11 is 6.01. The molecule has 19 heteroatoms. The number of alkyl halides is 2. The highest BCUT2D eigenvalue weighted by atomic mass is 35.5. The molecule has 0 spiro atoms. The lowest BCUT2D eigenvalue weighted by atomic mass is 9.44. The maximum Gasteiger partial charge on any atom is 0.325 e. The molecule has 0 radical (unpaired) electrons. The van der Waals surface area contributed by atoms with Gasteiger partial charge in [0.1, 0.15) is 11.5 Å². The van der Waals surface area contributed by atoms with Crippen LogP contribution in [0.2, 0.25) is 0 Å². The number of benzene rings is 3. The van der Waals surface area contributed by atoms with Gasteiger partial charge in [-0.1, -0.05) is 62.8 Å². The molecular weight excluding hydrogens is 948 g/mol. The number of phenolic OH excluding ortho intramolecular Hbond substituents is 4. The fourth-order valence-corrected chi connectivity index (χ4v) is 11.7. The van der Waals surface area contributed by atoms with Gasteiger partial charge in [-0.3, -0.25) is 29.0 Å². The van der Waals surface area contributed by atoms with Crippen molar-refractivity contribution in [1.29, 1.82) is 0 Å². The number of hydrogen-bond donors (Lipinski definition) is 9. The van der Waals surface area contributed by atoms with Crippen LogP contribution in [0.3, 0.4) is 0 Å². The number of halogens is 3. The van der Waals surface area contributed by atoms with E-state index >= 15 is 4.39 Å². The second-order valence-corrected chi connectivity index (χ2v) is 19.2. The van der Waals surface area contributed by atoms with E-state index in [0.29, 0.717) is 60.7 Å². The van der Waals surface area contributed by atoms with E-state index in [4.69, 9.17) is 26.6 Å². The minimum Gasteiger partial charge on any atom is -0.507 e. The Hall–Kier alpha value is -6.47. The largest absolute Gasteiger partial charge is 0.507 e. The van der Waals surface area contributed by atoms with Crippen LogP contribution in [0, 0.1) is 34.4 Å². The molecule has 0 saturated heterocycles. The van der Waals surface area contributed by atoms with Gasteiger partial charge in [0, 0.05) is 41.8 Å². The van der Waals surface area contributed by atoms with Crippen LogP contribution in [0.5, 0.6) is 23.0 Å². The second kappa shape index (κ2) is 21.1. The van der Waals surface area contributed by atoms with Crippen LogP contribution in [0.1, 0.15) is 98.5 Å². The number of phenols is 4. The van der Waals surface area contributed by atoms with Crippen molar-refractivity contribution in [3.63, 3.8) is 0 Å². The summed E-state index contributed by atoms with van der Waals surface area (Å²) in [5, 5.41) is 61.3. The number of ketones is 3. The first-order valence-electron chi connectivity index (χ1n) is 23.1. The molecule has 9 rings (SSSR count). The van der Waals surface area contributed by atoms with Crippen molar-refractivity contribution < 1.29 is 63.3 Å². The first kappa shape index (κ1) is 53.9. The van der Waals surface area contributed by atoms with Gasteiger partial charge >= 0.3 is 11.7 Å². The second-order valence-electron chi connectivity index (χ2n) is 18.9. The molecule has 1 aromatic heterocycles. The van der Waals surface area contributed by atoms with Gasteiger partial charge in [-0.05, 0) is 105 Å². The Balaban J connectivity index is 0.000000176. The number of rotatable bonds is 7. The van der Waals surface area contributed by atoms with Gasteiger partial charge in [-0.2, -0.15) is 4.39 Å². The zero-order valence-electron chi connectivity index (χ0n) is 39.7. The summed E-state index contributed by atoms with van der Waals surface area (Å²) in [4.78, 5) is 73.9. The number of aliphatic hydroxyl groups is 2. The highest BCUT2D eigenvalue weighted by Gasteiger charge is 2.77. The molecule has 3 fully saturated rings. The average molecular weight is 1010 g/mol. The number of nitrogens with one attached hydrogen (secondary N) is 3. The van der Waals surface area contributed by atoms with Crippen molar-refractivity contribution >= 4 is 34.9 Å². The summed E-state index contributed by atoms with van der Waals surface area (Å²) in [6, 6.07) is 14.3. The van der Waals surface area contributed by atoms with Gasteiger partial charge in [-0.25, -0.2) is 9.18 Å². The first-order valence-corrected chi connectivity index (χ1v) is 23.6. The number of aromatic nitrogens is 2. The Kier molecular flexibility index (Phi) is 16.0. The number of likely N-dealkylation sites (N-methyl/N-ethyl adjacent to an activating group) is 1. The Morgan fingerprint density at radius 2 is 1.58 bits per heavy atom. The number of allylic oxidation sites excluding steroid dienone is 4. The molecule has 3 saturated carbocycles. The molecule has 0 bridgehead atoms. The van der Waals surface area contributed by atoms with E-state index in [-0.39, 0.29) is 70.9 Å². The van der Waals surface area contributed by atoms with Gasteiger partial charge in [0.25, 0.3) is 5.56 Å². The SMILES string of the molecule is CCC(=O)O[C@]1(C(=O)CCl)[C@@H](C)C[C@H]2[C@@H]3CCC4=CC(=O)C=C[C@]4(C)[C@@]3(F)[C@@H](O)C[C@@]21C.CNC[C@H](O)c1ccc(O)c(O)c1.O=C1c2c(O)cccc2Cc2cccc(O)c21.O=c1[nH]cc(F)c(=O)[nH]1. The number of aliphatic hydroxyl groups excluding tert-OH is 2. The maximum absolute atomic E-state index is 17.2. The number of carbonyl (C=O) groups excluding carboxylic acids is 4. The summed E-state index contributed by atoms with van der Waals surface area (Å²) in [7, 11) is 1.73. The molecule has 9 atom stereocenters. The average Bonchev–Trinajstić information content (AvgIpc) is 3.54. The van der Waals surface area contributed by atoms with Gasteiger partial charge in [-0.15, -0.1) is 11.6 Å². The van der Waals surface area contributed by atoms with E-state index in [1.807, 2.05) is 31.0 Å².